The molecule has 116 valence electrons. The topological polar surface area (TPSA) is 86.3 Å². The summed E-state index contributed by atoms with van der Waals surface area (Å²) in [7, 11) is -4.31. The summed E-state index contributed by atoms with van der Waals surface area (Å²) in [6.45, 7) is 0. The summed E-state index contributed by atoms with van der Waals surface area (Å²) in [6.07, 6.45) is 0. The molecule has 0 aliphatic carbocycles. The van der Waals surface area contributed by atoms with E-state index < -0.39 is 38.1 Å². The van der Waals surface area contributed by atoms with Crippen molar-refractivity contribution in [2.75, 3.05) is 4.72 Å². The third-order valence-electron chi connectivity index (χ3n) is 2.64. The number of hydrogen-bond donors (Lipinski definition) is 1. The lowest BCUT2D eigenvalue weighted by atomic mass is 10.2. The lowest BCUT2D eigenvalue weighted by Gasteiger charge is -2.11. The summed E-state index contributed by atoms with van der Waals surface area (Å²) < 4.78 is 52.9. The van der Waals surface area contributed by atoms with Crippen molar-refractivity contribution in [1.82, 2.24) is 0 Å². The van der Waals surface area contributed by atoms with Crippen molar-refractivity contribution in [2.45, 2.75) is 4.90 Å². The Morgan fingerprint density at radius 1 is 1.09 bits per heavy atom. The molecule has 0 radical (unpaired) electrons. The van der Waals surface area contributed by atoms with Gasteiger partial charge in [-0.3, -0.25) is 4.72 Å². The van der Waals surface area contributed by atoms with Crippen LogP contribution in [0.5, 0.6) is 0 Å². The van der Waals surface area contributed by atoms with Gasteiger partial charge < -0.3 is 9.90 Å². The molecule has 2 rings (SSSR count). The minimum absolute atomic E-state index is 0.0708. The van der Waals surface area contributed by atoms with Gasteiger partial charge in [-0.05, 0) is 36.4 Å². The molecule has 0 aromatic heterocycles. The van der Waals surface area contributed by atoms with Crippen molar-refractivity contribution < 1.29 is 27.1 Å². The van der Waals surface area contributed by atoms with Gasteiger partial charge in [0.05, 0.1) is 16.6 Å². The van der Waals surface area contributed by atoms with E-state index in [1.54, 1.807) is 0 Å². The Morgan fingerprint density at radius 2 is 1.77 bits per heavy atom. The first-order valence-corrected chi connectivity index (χ1v) is 7.55. The number of carbonyl (C=O) groups excluding carboxylic acids is 1. The van der Waals surface area contributed by atoms with E-state index >= 15 is 0 Å². The Morgan fingerprint density at radius 3 is 2.36 bits per heavy atom. The zero-order valence-corrected chi connectivity index (χ0v) is 12.2. The summed E-state index contributed by atoms with van der Waals surface area (Å²) in [6, 6.07) is 5.35. The lowest BCUT2D eigenvalue weighted by molar-refractivity contribution is -0.255. The Labute approximate surface area is 129 Å². The molecule has 0 heterocycles. The second-order valence-corrected chi connectivity index (χ2v) is 6.28. The van der Waals surface area contributed by atoms with Crippen LogP contribution in [0.25, 0.3) is 0 Å². The molecule has 2 aromatic carbocycles. The smallest absolute Gasteiger partial charge is 0.262 e. The quantitative estimate of drug-likeness (QED) is 0.914. The fraction of sp³-hybridized carbons (Fsp3) is 0. The molecule has 0 spiro atoms. The molecule has 0 unspecified atom stereocenters. The summed E-state index contributed by atoms with van der Waals surface area (Å²) in [4.78, 5) is 10.2. The van der Waals surface area contributed by atoms with E-state index in [1.807, 2.05) is 4.72 Å². The minimum atomic E-state index is -4.31. The maximum absolute atomic E-state index is 13.6. The van der Waals surface area contributed by atoms with Crippen LogP contribution in [0.2, 0.25) is 5.02 Å². The highest BCUT2D eigenvalue weighted by Crippen LogP contribution is 2.23. The van der Waals surface area contributed by atoms with Crippen molar-refractivity contribution in [2.24, 2.45) is 0 Å². The zero-order valence-electron chi connectivity index (χ0n) is 10.6. The number of anilines is 1. The summed E-state index contributed by atoms with van der Waals surface area (Å²) >= 11 is 5.55. The van der Waals surface area contributed by atoms with Gasteiger partial charge in [0.1, 0.15) is 11.6 Å². The molecular formula is C13H7ClF2NO4S-. The standard InChI is InChI=1S/C13H8ClF2NO4S/c14-7-1-4-12(11(16)5-7)17-22(20,21)8-2-3-10(15)9(6-8)13(18)19/h1-6,17H,(H,18,19)/p-1. The molecule has 1 N–H and O–H groups in total. The lowest BCUT2D eigenvalue weighted by Crippen LogP contribution is -2.24. The average Bonchev–Trinajstić information content (AvgIpc) is 2.42. The van der Waals surface area contributed by atoms with Gasteiger partial charge in [-0.25, -0.2) is 17.2 Å². The Kier molecular flexibility index (Phi) is 4.34. The zero-order chi connectivity index (χ0) is 16.5. The van der Waals surface area contributed by atoms with Crippen molar-refractivity contribution in [3.05, 3.63) is 58.6 Å². The molecule has 0 fully saturated rings. The molecule has 0 atom stereocenters. The van der Waals surface area contributed by atoms with E-state index in [1.165, 1.54) is 6.07 Å². The predicted octanol–water partition coefficient (Wildman–Crippen LogP) is 1.78. The molecule has 2 aromatic rings. The predicted molar refractivity (Wildman–Crippen MR) is 72.9 cm³/mol. The van der Waals surface area contributed by atoms with E-state index in [4.69, 9.17) is 11.6 Å². The second kappa shape index (κ2) is 5.90. The number of carboxylic acids is 1. The SMILES string of the molecule is O=C([O-])c1cc(S(=O)(=O)Nc2ccc(Cl)cc2F)ccc1F. The van der Waals surface area contributed by atoms with Gasteiger partial charge in [0.25, 0.3) is 10.0 Å². The monoisotopic (exact) mass is 346 g/mol. The van der Waals surface area contributed by atoms with E-state index in [9.17, 15) is 27.1 Å². The number of carbonyl (C=O) groups is 1. The fourth-order valence-electron chi connectivity index (χ4n) is 1.60. The Balaban J connectivity index is 2.42. The van der Waals surface area contributed by atoms with Gasteiger partial charge in [0, 0.05) is 10.6 Å². The maximum atomic E-state index is 13.6. The van der Waals surface area contributed by atoms with Gasteiger partial charge in [-0.15, -0.1) is 0 Å². The van der Waals surface area contributed by atoms with E-state index in [0.29, 0.717) is 12.1 Å². The molecule has 9 heteroatoms. The van der Waals surface area contributed by atoms with E-state index in [2.05, 4.69) is 0 Å². The highest BCUT2D eigenvalue weighted by Gasteiger charge is 2.18. The first-order valence-electron chi connectivity index (χ1n) is 5.69. The van der Waals surface area contributed by atoms with E-state index in [-0.39, 0.29) is 10.7 Å². The van der Waals surface area contributed by atoms with Crippen molar-refractivity contribution >= 4 is 33.3 Å². The molecule has 0 saturated carbocycles. The molecule has 0 aliphatic rings. The Hall–Kier alpha value is -2.19. The largest absolute Gasteiger partial charge is 0.545 e. The molecule has 22 heavy (non-hydrogen) atoms. The van der Waals surface area contributed by atoms with Crippen LogP contribution >= 0.6 is 11.6 Å². The van der Waals surface area contributed by atoms with Crippen molar-refractivity contribution in [3.63, 3.8) is 0 Å². The normalized spacial score (nSPS) is 11.2. The molecule has 0 aliphatic heterocycles. The number of halogens is 3. The third-order valence-corrected chi connectivity index (χ3v) is 4.24. The van der Waals surface area contributed by atoms with Crippen LogP contribution in [0.3, 0.4) is 0 Å². The number of sulfonamides is 1. The fourth-order valence-corrected chi connectivity index (χ4v) is 2.86. The molecule has 5 nitrogen and oxygen atoms in total. The highest BCUT2D eigenvalue weighted by atomic mass is 35.5. The first kappa shape index (κ1) is 16.2. The van der Waals surface area contributed by atoms with Crippen LogP contribution in [0.1, 0.15) is 10.4 Å². The number of aromatic carboxylic acids is 1. The second-order valence-electron chi connectivity index (χ2n) is 4.16. The van der Waals surface area contributed by atoms with Crippen molar-refractivity contribution in [1.29, 1.82) is 0 Å². The molecule has 0 bridgehead atoms. The van der Waals surface area contributed by atoms with Gasteiger partial charge in [0.15, 0.2) is 0 Å². The van der Waals surface area contributed by atoms with Crippen LogP contribution < -0.4 is 9.83 Å². The van der Waals surface area contributed by atoms with Gasteiger partial charge in [-0.2, -0.15) is 0 Å². The van der Waals surface area contributed by atoms with E-state index in [0.717, 1.165) is 18.2 Å². The number of rotatable bonds is 4. The highest BCUT2D eigenvalue weighted by molar-refractivity contribution is 7.92. The third kappa shape index (κ3) is 3.34. The van der Waals surface area contributed by atoms with Crippen LogP contribution in [0.15, 0.2) is 41.3 Å². The Bertz CT molecular complexity index is 855. The summed E-state index contributed by atoms with van der Waals surface area (Å²) in [5.74, 6) is -3.93. The number of carboxylic acid groups (broad SMARTS) is 1. The maximum Gasteiger partial charge on any atom is 0.262 e. The number of hydrogen-bond acceptors (Lipinski definition) is 4. The van der Waals surface area contributed by atoms with Crippen molar-refractivity contribution in [3.8, 4) is 0 Å². The first-order chi connectivity index (χ1) is 10.2. The van der Waals surface area contributed by atoms with Gasteiger partial charge >= 0.3 is 0 Å². The minimum Gasteiger partial charge on any atom is -0.545 e. The average molecular weight is 347 g/mol. The number of nitrogens with one attached hydrogen (secondary N) is 1. The van der Waals surface area contributed by atoms with Gasteiger partial charge in [-0.1, -0.05) is 11.6 Å². The van der Waals surface area contributed by atoms with Crippen LogP contribution in [0, 0.1) is 11.6 Å². The molecular weight excluding hydrogens is 340 g/mol. The summed E-state index contributed by atoms with van der Waals surface area (Å²) in [5, 5.41) is 10.8. The molecule has 0 amide bonds. The van der Waals surface area contributed by atoms with Crippen LogP contribution in [-0.2, 0) is 10.0 Å². The van der Waals surface area contributed by atoms with Gasteiger partial charge in [0.2, 0.25) is 0 Å². The van der Waals surface area contributed by atoms with Crippen LogP contribution in [-0.4, -0.2) is 14.4 Å². The van der Waals surface area contributed by atoms with Crippen LogP contribution in [0.4, 0.5) is 14.5 Å². The summed E-state index contributed by atoms with van der Waals surface area (Å²) in [5.41, 5.74) is -1.30. The number of benzene rings is 2. The molecule has 0 saturated heterocycles.